The number of nitrogens with zero attached hydrogens (tertiary/aromatic N) is 1. The molecule has 0 aliphatic carbocycles. The quantitative estimate of drug-likeness (QED) is 0.748. The monoisotopic (exact) mass is 294 g/mol. The average Bonchev–Trinajstić information content (AvgIpc) is 2.85. The number of rotatable bonds is 8. The van der Waals surface area contributed by atoms with Crippen molar-refractivity contribution in [3.8, 4) is 0 Å². The van der Waals surface area contributed by atoms with Gasteiger partial charge < -0.3 is 19.4 Å². The molecule has 1 aliphatic rings. The van der Waals surface area contributed by atoms with Gasteiger partial charge in [0, 0.05) is 37.2 Å². The van der Waals surface area contributed by atoms with Crippen LogP contribution in [-0.4, -0.2) is 44.8 Å². The Morgan fingerprint density at radius 2 is 2.29 bits per heavy atom. The van der Waals surface area contributed by atoms with Gasteiger partial charge in [-0.1, -0.05) is 6.92 Å². The summed E-state index contributed by atoms with van der Waals surface area (Å²) in [7, 11) is 2.20. The van der Waals surface area contributed by atoms with E-state index in [1.807, 2.05) is 6.92 Å². The van der Waals surface area contributed by atoms with Gasteiger partial charge in [-0.05, 0) is 45.8 Å². The van der Waals surface area contributed by atoms with Crippen LogP contribution >= 0.6 is 0 Å². The summed E-state index contributed by atoms with van der Waals surface area (Å²) < 4.78 is 11.2. The molecule has 0 aromatic carbocycles. The fourth-order valence-corrected chi connectivity index (χ4v) is 3.25. The number of furan rings is 1. The van der Waals surface area contributed by atoms with Crippen LogP contribution < -0.4 is 5.32 Å². The van der Waals surface area contributed by atoms with Crippen molar-refractivity contribution in [1.29, 1.82) is 0 Å². The molecule has 1 N–H and O–H groups in total. The van der Waals surface area contributed by atoms with Gasteiger partial charge in [0.2, 0.25) is 0 Å². The van der Waals surface area contributed by atoms with Crippen molar-refractivity contribution in [2.24, 2.45) is 5.41 Å². The van der Waals surface area contributed by atoms with Crippen molar-refractivity contribution in [2.75, 3.05) is 39.9 Å². The lowest BCUT2D eigenvalue weighted by Crippen LogP contribution is -2.48. The Balaban J connectivity index is 1.92. The van der Waals surface area contributed by atoms with E-state index < -0.39 is 0 Å². The Hall–Kier alpha value is -0.840. The van der Waals surface area contributed by atoms with E-state index in [9.17, 15) is 0 Å². The Kier molecular flexibility index (Phi) is 6.27. The first-order chi connectivity index (χ1) is 10.2. The van der Waals surface area contributed by atoms with Crippen LogP contribution in [0, 0.1) is 12.3 Å². The molecule has 1 saturated heterocycles. The van der Waals surface area contributed by atoms with Gasteiger partial charge in [0.15, 0.2) is 0 Å². The third-order valence-corrected chi connectivity index (χ3v) is 4.34. The van der Waals surface area contributed by atoms with Crippen LogP contribution in [-0.2, 0) is 11.3 Å². The summed E-state index contributed by atoms with van der Waals surface area (Å²) in [6.07, 6.45) is 5.38. The number of hydrogen-bond acceptors (Lipinski definition) is 4. The van der Waals surface area contributed by atoms with Crippen molar-refractivity contribution < 1.29 is 9.15 Å². The molecular weight excluding hydrogens is 264 g/mol. The highest BCUT2D eigenvalue weighted by Gasteiger charge is 2.33. The van der Waals surface area contributed by atoms with E-state index in [2.05, 4.69) is 30.3 Å². The number of nitrogens with one attached hydrogen (secondary N) is 1. The average molecular weight is 294 g/mol. The Labute approximate surface area is 128 Å². The van der Waals surface area contributed by atoms with E-state index in [0.29, 0.717) is 0 Å². The van der Waals surface area contributed by atoms with Crippen LogP contribution in [0.5, 0.6) is 0 Å². The highest BCUT2D eigenvalue weighted by atomic mass is 16.5. The van der Waals surface area contributed by atoms with E-state index in [4.69, 9.17) is 9.15 Å². The van der Waals surface area contributed by atoms with Crippen LogP contribution in [0.25, 0.3) is 0 Å². The second-order valence-corrected chi connectivity index (χ2v) is 6.51. The first kappa shape index (κ1) is 16.5. The second-order valence-electron chi connectivity index (χ2n) is 6.51. The zero-order valence-corrected chi connectivity index (χ0v) is 13.8. The summed E-state index contributed by atoms with van der Waals surface area (Å²) in [6.45, 7) is 10.2. The van der Waals surface area contributed by atoms with Gasteiger partial charge in [-0.2, -0.15) is 0 Å². The SMILES string of the molecule is CCCNCC1(CN(C)Cc2ccoc2C)CCCOC1. The standard InChI is InChI=1S/C17H30N2O2/c1-4-8-18-12-17(7-5-9-20-14-17)13-19(3)11-16-6-10-21-15(16)2/h6,10,18H,4-5,7-9,11-14H2,1-3H3. The molecule has 0 bridgehead atoms. The second kappa shape index (κ2) is 7.97. The Morgan fingerprint density at radius 3 is 2.90 bits per heavy atom. The molecule has 0 radical (unpaired) electrons. The van der Waals surface area contributed by atoms with Crippen molar-refractivity contribution in [3.63, 3.8) is 0 Å². The largest absolute Gasteiger partial charge is 0.469 e. The summed E-state index contributed by atoms with van der Waals surface area (Å²) in [5.41, 5.74) is 1.53. The van der Waals surface area contributed by atoms with Gasteiger partial charge in [0.1, 0.15) is 5.76 Å². The minimum Gasteiger partial charge on any atom is -0.469 e. The molecule has 1 aliphatic heterocycles. The third-order valence-electron chi connectivity index (χ3n) is 4.34. The van der Waals surface area contributed by atoms with Gasteiger partial charge in [-0.3, -0.25) is 0 Å². The van der Waals surface area contributed by atoms with E-state index in [1.165, 1.54) is 24.8 Å². The third kappa shape index (κ3) is 4.83. The summed E-state index contributed by atoms with van der Waals surface area (Å²) >= 11 is 0. The lowest BCUT2D eigenvalue weighted by molar-refractivity contribution is -0.0236. The Morgan fingerprint density at radius 1 is 1.43 bits per heavy atom. The molecule has 0 saturated carbocycles. The highest BCUT2D eigenvalue weighted by Crippen LogP contribution is 2.29. The van der Waals surface area contributed by atoms with E-state index >= 15 is 0 Å². The van der Waals surface area contributed by atoms with Crippen LogP contribution in [0.15, 0.2) is 16.7 Å². The number of ether oxygens (including phenoxy) is 1. The summed E-state index contributed by atoms with van der Waals surface area (Å²) in [6, 6.07) is 2.07. The first-order valence-electron chi connectivity index (χ1n) is 8.15. The summed E-state index contributed by atoms with van der Waals surface area (Å²) in [4.78, 5) is 2.40. The van der Waals surface area contributed by atoms with Gasteiger partial charge in [0.05, 0.1) is 12.9 Å². The molecule has 1 aromatic rings. The zero-order valence-electron chi connectivity index (χ0n) is 13.8. The minimum absolute atomic E-state index is 0.250. The molecule has 21 heavy (non-hydrogen) atoms. The number of aryl methyl sites for hydroxylation is 1. The fraction of sp³-hybridized carbons (Fsp3) is 0.765. The number of hydrogen-bond donors (Lipinski definition) is 1. The maximum absolute atomic E-state index is 5.79. The van der Waals surface area contributed by atoms with E-state index in [0.717, 1.165) is 45.2 Å². The highest BCUT2D eigenvalue weighted by molar-refractivity contribution is 5.15. The minimum atomic E-state index is 0.250. The summed E-state index contributed by atoms with van der Waals surface area (Å²) in [5, 5.41) is 3.60. The lowest BCUT2D eigenvalue weighted by atomic mass is 9.81. The van der Waals surface area contributed by atoms with Crippen molar-refractivity contribution in [3.05, 3.63) is 23.7 Å². The van der Waals surface area contributed by atoms with Crippen molar-refractivity contribution in [1.82, 2.24) is 10.2 Å². The zero-order chi connectivity index (χ0) is 15.1. The molecule has 1 unspecified atom stereocenters. The predicted octanol–water partition coefficient (Wildman–Crippen LogP) is 2.82. The molecule has 1 atom stereocenters. The molecule has 0 amide bonds. The molecule has 120 valence electrons. The van der Waals surface area contributed by atoms with Gasteiger partial charge in [0.25, 0.3) is 0 Å². The Bertz CT molecular complexity index is 411. The van der Waals surface area contributed by atoms with Crippen LogP contribution in [0.1, 0.15) is 37.5 Å². The molecule has 1 fully saturated rings. The molecule has 2 rings (SSSR count). The maximum Gasteiger partial charge on any atom is 0.105 e. The summed E-state index contributed by atoms with van der Waals surface area (Å²) in [5.74, 6) is 1.03. The molecule has 2 heterocycles. The van der Waals surface area contributed by atoms with Crippen molar-refractivity contribution >= 4 is 0 Å². The van der Waals surface area contributed by atoms with Gasteiger partial charge >= 0.3 is 0 Å². The van der Waals surface area contributed by atoms with Crippen LogP contribution in [0.2, 0.25) is 0 Å². The molecule has 4 heteroatoms. The molecule has 4 nitrogen and oxygen atoms in total. The smallest absolute Gasteiger partial charge is 0.105 e. The van der Waals surface area contributed by atoms with E-state index in [-0.39, 0.29) is 5.41 Å². The normalized spacial score (nSPS) is 22.9. The van der Waals surface area contributed by atoms with Crippen molar-refractivity contribution in [2.45, 2.75) is 39.7 Å². The van der Waals surface area contributed by atoms with Crippen LogP contribution in [0.3, 0.4) is 0 Å². The molecular formula is C17H30N2O2. The first-order valence-corrected chi connectivity index (χ1v) is 8.15. The topological polar surface area (TPSA) is 37.6 Å². The van der Waals surface area contributed by atoms with Gasteiger partial charge in [-0.25, -0.2) is 0 Å². The fourth-order valence-electron chi connectivity index (χ4n) is 3.25. The molecule has 0 spiro atoms. The van der Waals surface area contributed by atoms with Crippen LogP contribution in [0.4, 0.5) is 0 Å². The maximum atomic E-state index is 5.79. The van der Waals surface area contributed by atoms with Gasteiger partial charge in [-0.15, -0.1) is 0 Å². The van der Waals surface area contributed by atoms with E-state index in [1.54, 1.807) is 6.26 Å². The lowest BCUT2D eigenvalue weighted by Gasteiger charge is -2.40. The molecule has 1 aromatic heterocycles. The predicted molar refractivity (Wildman–Crippen MR) is 85.4 cm³/mol.